The summed E-state index contributed by atoms with van der Waals surface area (Å²) in [5, 5.41) is 0. The molecule has 0 radical (unpaired) electrons. The number of aryl methyl sites for hydroxylation is 1. The van der Waals surface area contributed by atoms with Crippen LogP contribution in [0.2, 0.25) is 0 Å². The largest absolute Gasteiger partial charge is 0.388 e. The minimum atomic E-state index is 0.335. The number of nitrogens with zero attached hydrogens (tertiary/aromatic N) is 3. The van der Waals surface area contributed by atoms with Crippen LogP contribution in [-0.4, -0.2) is 28.0 Å². The van der Waals surface area contributed by atoms with Crippen molar-refractivity contribution in [3.8, 4) is 0 Å². The standard InChI is InChI=1S/C12H18N4S/c1-8-4-3-5-16(7-8)12-14-9(2)6-10(15-12)11(13)17/h6,8H,3-5,7H2,1-2H3,(H2,13,17). The zero-order valence-corrected chi connectivity index (χ0v) is 11.1. The summed E-state index contributed by atoms with van der Waals surface area (Å²) in [6.45, 7) is 6.24. The van der Waals surface area contributed by atoms with Crippen molar-refractivity contribution in [2.24, 2.45) is 11.7 Å². The van der Waals surface area contributed by atoms with Gasteiger partial charge in [-0.05, 0) is 31.7 Å². The van der Waals surface area contributed by atoms with E-state index in [4.69, 9.17) is 18.0 Å². The molecule has 17 heavy (non-hydrogen) atoms. The summed E-state index contributed by atoms with van der Waals surface area (Å²) < 4.78 is 0. The van der Waals surface area contributed by atoms with Crippen LogP contribution in [0.3, 0.4) is 0 Å². The van der Waals surface area contributed by atoms with Crippen molar-refractivity contribution >= 4 is 23.2 Å². The van der Waals surface area contributed by atoms with E-state index in [-0.39, 0.29) is 0 Å². The van der Waals surface area contributed by atoms with Crippen molar-refractivity contribution < 1.29 is 0 Å². The second kappa shape index (κ2) is 4.96. The van der Waals surface area contributed by atoms with Crippen LogP contribution in [0, 0.1) is 12.8 Å². The minimum absolute atomic E-state index is 0.335. The molecule has 2 heterocycles. The summed E-state index contributed by atoms with van der Waals surface area (Å²) in [7, 11) is 0. The minimum Gasteiger partial charge on any atom is -0.388 e. The number of rotatable bonds is 2. The second-order valence-corrected chi connectivity index (χ2v) is 5.19. The Morgan fingerprint density at radius 1 is 1.53 bits per heavy atom. The molecule has 2 rings (SSSR count). The number of thiocarbonyl (C=S) groups is 1. The first kappa shape index (κ1) is 12.2. The number of nitrogens with two attached hydrogens (primary N) is 1. The summed E-state index contributed by atoms with van der Waals surface area (Å²) in [5.74, 6) is 1.46. The van der Waals surface area contributed by atoms with E-state index < -0.39 is 0 Å². The monoisotopic (exact) mass is 250 g/mol. The van der Waals surface area contributed by atoms with Crippen molar-refractivity contribution in [2.75, 3.05) is 18.0 Å². The van der Waals surface area contributed by atoms with Crippen LogP contribution in [0.1, 0.15) is 31.2 Å². The Labute approximate surface area is 107 Å². The topological polar surface area (TPSA) is 55.0 Å². The van der Waals surface area contributed by atoms with Gasteiger partial charge in [0.25, 0.3) is 0 Å². The molecule has 0 aromatic carbocycles. The molecule has 0 bridgehead atoms. The lowest BCUT2D eigenvalue weighted by molar-refractivity contribution is 0.441. The van der Waals surface area contributed by atoms with Gasteiger partial charge in [0.1, 0.15) is 10.7 Å². The zero-order chi connectivity index (χ0) is 12.4. The molecule has 1 aliphatic rings. The Bertz CT molecular complexity index is 433. The van der Waals surface area contributed by atoms with Crippen LogP contribution in [-0.2, 0) is 0 Å². The van der Waals surface area contributed by atoms with Gasteiger partial charge in [-0.25, -0.2) is 9.97 Å². The highest BCUT2D eigenvalue weighted by atomic mass is 32.1. The van der Waals surface area contributed by atoms with E-state index in [1.54, 1.807) is 0 Å². The van der Waals surface area contributed by atoms with Gasteiger partial charge in [0.2, 0.25) is 5.95 Å². The van der Waals surface area contributed by atoms with Gasteiger partial charge in [-0.3, -0.25) is 0 Å². The lowest BCUT2D eigenvalue weighted by Gasteiger charge is -2.31. The Kier molecular flexibility index (Phi) is 3.57. The normalized spacial score (nSPS) is 20.4. The average Bonchev–Trinajstić information content (AvgIpc) is 2.28. The SMILES string of the molecule is Cc1cc(C(N)=S)nc(N2CCCC(C)C2)n1. The van der Waals surface area contributed by atoms with Gasteiger partial charge in [0, 0.05) is 18.8 Å². The Morgan fingerprint density at radius 2 is 2.29 bits per heavy atom. The first-order chi connectivity index (χ1) is 8.06. The molecular weight excluding hydrogens is 232 g/mol. The molecule has 1 saturated heterocycles. The summed E-state index contributed by atoms with van der Waals surface area (Å²) in [5.41, 5.74) is 7.21. The van der Waals surface area contributed by atoms with Crippen molar-refractivity contribution in [1.29, 1.82) is 0 Å². The number of anilines is 1. The molecule has 5 heteroatoms. The highest BCUT2D eigenvalue weighted by molar-refractivity contribution is 7.80. The molecule has 0 amide bonds. The van der Waals surface area contributed by atoms with E-state index in [9.17, 15) is 0 Å². The van der Waals surface area contributed by atoms with Crippen molar-refractivity contribution in [2.45, 2.75) is 26.7 Å². The van der Waals surface area contributed by atoms with Gasteiger partial charge in [-0.15, -0.1) is 0 Å². The highest BCUT2D eigenvalue weighted by Gasteiger charge is 2.19. The fraction of sp³-hybridized carbons (Fsp3) is 0.583. The molecule has 0 aliphatic carbocycles. The fourth-order valence-corrected chi connectivity index (χ4v) is 2.30. The van der Waals surface area contributed by atoms with Crippen molar-refractivity contribution in [3.63, 3.8) is 0 Å². The predicted octanol–water partition coefficient (Wildman–Crippen LogP) is 1.66. The predicted molar refractivity (Wildman–Crippen MR) is 73.3 cm³/mol. The third kappa shape index (κ3) is 2.91. The number of piperidine rings is 1. The maximum Gasteiger partial charge on any atom is 0.226 e. The van der Waals surface area contributed by atoms with Gasteiger partial charge < -0.3 is 10.6 Å². The van der Waals surface area contributed by atoms with E-state index in [1.165, 1.54) is 12.8 Å². The second-order valence-electron chi connectivity index (χ2n) is 4.75. The van der Waals surface area contributed by atoms with E-state index in [0.29, 0.717) is 16.6 Å². The molecule has 92 valence electrons. The first-order valence-electron chi connectivity index (χ1n) is 5.96. The lowest BCUT2D eigenvalue weighted by atomic mass is 10.0. The molecule has 2 N–H and O–H groups in total. The summed E-state index contributed by atoms with van der Waals surface area (Å²) in [4.78, 5) is 11.5. The van der Waals surface area contributed by atoms with Crippen LogP contribution in [0.4, 0.5) is 5.95 Å². The third-order valence-electron chi connectivity index (χ3n) is 3.03. The zero-order valence-electron chi connectivity index (χ0n) is 10.3. The molecule has 1 fully saturated rings. The molecule has 1 aromatic rings. The Balaban J connectivity index is 2.28. The molecule has 1 aromatic heterocycles. The van der Waals surface area contributed by atoms with Gasteiger partial charge in [0.05, 0.1) is 0 Å². The molecular formula is C12H18N4S. The van der Waals surface area contributed by atoms with E-state index >= 15 is 0 Å². The number of aromatic nitrogens is 2. The Morgan fingerprint density at radius 3 is 2.94 bits per heavy atom. The first-order valence-corrected chi connectivity index (χ1v) is 6.37. The van der Waals surface area contributed by atoms with Crippen molar-refractivity contribution in [1.82, 2.24) is 9.97 Å². The molecule has 1 atom stereocenters. The molecule has 4 nitrogen and oxygen atoms in total. The summed E-state index contributed by atoms with van der Waals surface area (Å²) >= 11 is 4.97. The molecule has 1 unspecified atom stereocenters. The van der Waals surface area contributed by atoms with Crippen LogP contribution >= 0.6 is 12.2 Å². The highest BCUT2D eigenvalue weighted by Crippen LogP contribution is 2.20. The quantitative estimate of drug-likeness (QED) is 0.809. The number of hydrogen-bond acceptors (Lipinski definition) is 4. The summed E-state index contributed by atoms with van der Waals surface area (Å²) in [6, 6.07) is 1.83. The van der Waals surface area contributed by atoms with E-state index in [2.05, 4.69) is 21.8 Å². The lowest BCUT2D eigenvalue weighted by Crippen LogP contribution is -2.36. The van der Waals surface area contributed by atoms with Crippen LogP contribution in [0.25, 0.3) is 0 Å². The van der Waals surface area contributed by atoms with E-state index in [1.807, 2.05) is 13.0 Å². The maximum atomic E-state index is 5.63. The summed E-state index contributed by atoms with van der Waals surface area (Å²) in [6.07, 6.45) is 2.48. The maximum absolute atomic E-state index is 5.63. The fourth-order valence-electron chi connectivity index (χ4n) is 2.19. The van der Waals surface area contributed by atoms with Crippen LogP contribution in [0.5, 0.6) is 0 Å². The molecule has 1 aliphatic heterocycles. The van der Waals surface area contributed by atoms with Gasteiger partial charge in [-0.2, -0.15) is 0 Å². The van der Waals surface area contributed by atoms with Crippen LogP contribution < -0.4 is 10.6 Å². The number of hydrogen-bond donors (Lipinski definition) is 1. The average molecular weight is 250 g/mol. The van der Waals surface area contributed by atoms with Crippen LogP contribution in [0.15, 0.2) is 6.07 Å². The van der Waals surface area contributed by atoms with Crippen molar-refractivity contribution in [3.05, 3.63) is 17.5 Å². The van der Waals surface area contributed by atoms with Gasteiger partial charge in [-0.1, -0.05) is 19.1 Å². The van der Waals surface area contributed by atoms with Gasteiger partial charge in [0.15, 0.2) is 0 Å². The smallest absolute Gasteiger partial charge is 0.226 e. The molecule has 0 saturated carbocycles. The Hall–Kier alpha value is -1.23. The molecule has 0 spiro atoms. The van der Waals surface area contributed by atoms with Gasteiger partial charge >= 0.3 is 0 Å². The van der Waals surface area contributed by atoms with E-state index in [0.717, 1.165) is 24.7 Å². The third-order valence-corrected chi connectivity index (χ3v) is 3.24.